The zero-order valence-electron chi connectivity index (χ0n) is 15.2. The number of thiol groups is 1. The molecule has 8 nitrogen and oxygen atoms in total. The molecule has 10 heteroatoms. The maximum absolute atomic E-state index is 12.1. The average molecular weight is 410 g/mol. The van der Waals surface area contributed by atoms with Crippen LogP contribution in [0.15, 0.2) is 24.3 Å². The normalized spacial score (nSPS) is 11.0. The summed E-state index contributed by atoms with van der Waals surface area (Å²) in [4.78, 5) is 22.3. The fourth-order valence-corrected chi connectivity index (χ4v) is 2.58. The van der Waals surface area contributed by atoms with Crippen LogP contribution in [0, 0.1) is 0 Å². The number of carbonyl (C=O) groups is 2. The van der Waals surface area contributed by atoms with E-state index in [1.54, 1.807) is 13.8 Å². The van der Waals surface area contributed by atoms with Crippen LogP contribution < -0.4 is 0 Å². The van der Waals surface area contributed by atoms with E-state index in [-0.39, 0.29) is 26.4 Å². The van der Waals surface area contributed by atoms with Crippen molar-refractivity contribution in [2.75, 3.05) is 26.4 Å². The molecule has 0 aromatic heterocycles. The fraction of sp³-hybridized carbons (Fsp3) is 0.625. The number of unbranched alkanes of at least 4 members (excludes halogenated alkanes) is 2. The molecule has 0 atom stereocenters. The van der Waals surface area contributed by atoms with Gasteiger partial charge in [-0.3, -0.25) is 9.05 Å². The average Bonchev–Trinajstić information content (AvgIpc) is 2.60. The van der Waals surface area contributed by atoms with Crippen LogP contribution in [0.2, 0.25) is 0 Å². The zero-order valence-corrected chi connectivity index (χ0v) is 17.0. The standard InChI is InChI=1S/C16H27O8PS/c1-13(2)15(17)20-9-5-7-11-22-25(19,24-26)23-12-8-6-10-21-16(18)14(3)4/h26H,1,3,5-12H2,2,4H3. The van der Waals surface area contributed by atoms with E-state index in [4.69, 9.17) is 18.5 Å². The predicted octanol–water partition coefficient (Wildman–Crippen LogP) is 3.79. The maximum atomic E-state index is 12.1. The van der Waals surface area contributed by atoms with Crippen molar-refractivity contribution in [1.29, 1.82) is 0 Å². The molecule has 0 aromatic carbocycles. The molecule has 0 aliphatic carbocycles. The topological polar surface area (TPSA) is 97.4 Å². The predicted molar refractivity (Wildman–Crippen MR) is 99.6 cm³/mol. The van der Waals surface area contributed by atoms with Crippen molar-refractivity contribution in [2.24, 2.45) is 0 Å². The van der Waals surface area contributed by atoms with Gasteiger partial charge in [0, 0.05) is 11.1 Å². The van der Waals surface area contributed by atoms with Crippen LogP contribution in [0.4, 0.5) is 0 Å². The van der Waals surface area contributed by atoms with E-state index >= 15 is 0 Å². The Bertz CT molecular complexity index is 492. The van der Waals surface area contributed by atoms with Gasteiger partial charge in [0.05, 0.1) is 26.4 Å². The minimum absolute atomic E-state index is 0.0959. The Morgan fingerprint density at radius 1 is 0.808 bits per heavy atom. The van der Waals surface area contributed by atoms with Crippen molar-refractivity contribution < 1.29 is 36.6 Å². The molecule has 0 saturated carbocycles. The highest BCUT2D eigenvalue weighted by atomic mass is 32.1. The molecule has 0 unspecified atom stereocenters. The van der Waals surface area contributed by atoms with E-state index in [9.17, 15) is 14.2 Å². The molecule has 0 aliphatic rings. The summed E-state index contributed by atoms with van der Waals surface area (Å²) in [5, 5.41) is 0. The molecule has 0 aliphatic heterocycles. The molecule has 150 valence electrons. The SMILES string of the molecule is C=C(C)C(=O)OCCCCOP(=O)(OS)OCCCCOC(=O)C(=C)C. The van der Waals surface area contributed by atoms with E-state index in [2.05, 4.69) is 30.0 Å². The van der Waals surface area contributed by atoms with Crippen LogP contribution in [-0.4, -0.2) is 38.4 Å². The van der Waals surface area contributed by atoms with Gasteiger partial charge in [0.25, 0.3) is 0 Å². The number of hydrogen-bond acceptors (Lipinski definition) is 9. The van der Waals surface area contributed by atoms with Gasteiger partial charge >= 0.3 is 19.8 Å². The highest BCUT2D eigenvalue weighted by Gasteiger charge is 2.25. The van der Waals surface area contributed by atoms with Gasteiger partial charge in [-0.05, 0) is 52.4 Å². The van der Waals surface area contributed by atoms with Gasteiger partial charge in [-0.25, -0.2) is 18.1 Å². The van der Waals surface area contributed by atoms with Crippen LogP contribution in [0.1, 0.15) is 39.5 Å². The number of ether oxygens (including phenoxy) is 2. The Kier molecular flexibility index (Phi) is 13.4. The van der Waals surface area contributed by atoms with Crippen molar-refractivity contribution in [3.8, 4) is 0 Å². The molecular formula is C16H27O8PS. The molecule has 26 heavy (non-hydrogen) atoms. The number of phosphoric ester groups is 1. The molecule has 0 rings (SSSR count). The molecule has 0 saturated heterocycles. The number of hydrogen-bond donors (Lipinski definition) is 1. The lowest BCUT2D eigenvalue weighted by Crippen LogP contribution is -2.08. The number of carbonyl (C=O) groups excluding carboxylic acids is 2. The number of rotatable bonds is 15. The first-order valence-corrected chi connectivity index (χ1v) is 9.92. The van der Waals surface area contributed by atoms with Gasteiger partial charge in [0.15, 0.2) is 0 Å². The van der Waals surface area contributed by atoms with Crippen molar-refractivity contribution in [2.45, 2.75) is 39.5 Å². The van der Waals surface area contributed by atoms with Crippen LogP contribution >= 0.6 is 20.7 Å². The number of phosphoric acid groups is 1. The summed E-state index contributed by atoms with van der Waals surface area (Å²) in [6, 6.07) is 0. The first-order valence-electron chi connectivity index (χ1n) is 8.09. The second-order valence-corrected chi connectivity index (χ2v) is 7.51. The van der Waals surface area contributed by atoms with Gasteiger partial charge < -0.3 is 9.47 Å². The fourth-order valence-electron chi connectivity index (χ4n) is 1.42. The van der Waals surface area contributed by atoms with Gasteiger partial charge in [-0.15, -0.1) is 0 Å². The summed E-state index contributed by atoms with van der Waals surface area (Å²) in [5.41, 5.74) is 0.661. The first-order chi connectivity index (χ1) is 12.2. The maximum Gasteiger partial charge on any atom is 0.485 e. The largest absolute Gasteiger partial charge is 0.485 e. The van der Waals surface area contributed by atoms with E-state index in [0.717, 1.165) is 0 Å². The Hall–Kier alpha value is -1.12. The zero-order chi connectivity index (χ0) is 20.0. The molecule has 0 heterocycles. The highest BCUT2D eigenvalue weighted by Crippen LogP contribution is 2.50. The molecular weight excluding hydrogens is 383 g/mol. The quantitative estimate of drug-likeness (QED) is 0.109. The summed E-state index contributed by atoms with van der Waals surface area (Å²) < 4.78 is 36.6. The van der Waals surface area contributed by atoms with Gasteiger partial charge in [0.2, 0.25) is 0 Å². The monoisotopic (exact) mass is 410 g/mol. The van der Waals surface area contributed by atoms with E-state index in [0.29, 0.717) is 36.8 Å². The minimum Gasteiger partial charge on any atom is -0.462 e. The third-order valence-corrected chi connectivity index (χ3v) is 4.64. The van der Waals surface area contributed by atoms with Crippen LogP contribution in [0.5, 0.6) is 0 Å². The summed E-state index contributed by atoms with van der Waals surface area (Å²) in [6.45, 7) is 10.7. The van der Waals surface area contributed by atoms with Crippen LogP contribution in [0.25, 0.3) is 0 Å². The summed E-state index contributed by atoms with van der Waals surface area (Å²) in [7, 11) is -3.75. The van der Waals surface area contributed by atoms with E-state index in [1.807, 2.05) is 0 Å². The molecule has 0 amide bonds. The third kappa shape index (κ3) is 12.3. The molecule has 0 spiro atoms. The van der Waals surface area contributed by atoms with Gasteiger partial charge in [0.1, 0.15) is 0 Å². The van der Waals surface area contributed by atoms with Crippen molar-refractivity contribution in [3.63, 3.8) is 0 Å². The Balaban J connectivity index is 3.80. The lowest BCUT2D eigenvalue weighted by molar-refractivity contribution is -0.139. The second-order valence-electron chi connectivity index (χ2n) is 5.44. The smallest absolute Gasteiger partial charge is 0.462 e. The van der Waals surface area contributed by atoms with E-state index in [1.165, 1.54) is 0 Å². The van der Waals surface area contributed by atoms with Crippen molar-refractivity contribution >= 4 is 32.7 Å². The van der Waals surface area contributed by atoms with Crippen molar-refractivity contribution in [3.05, 3.63) is 24.3 Å². The molecule has 0 bridgehead atoms. The Morgan fingerprint density at radius 3 is 1.46 bits per heavy atom. The van der Waals surface area contributed by atoms with Gasteiger partial charge in [-0.1, -0.05) is 13.2 Å². The summed E-state index contributed by atoms with van der Waals surface area (Å²) >= 11 is 3.52. The lowest BCUT2D eigenvalue weighted by Gasteiger charge is -2.15. The molecule has 0 radical (unpaired) electrons. The van der Waals surface area contributed by atoms with Gasteiger partial charge in [-0.2, -0.15) is 0 Å². The first kappa shape index (κ1) is 24.9. The molecule has 0 N–H and O–H groups in total. The Labute approximate surface area is 160 Å². The lowest BCUT2D eigenvalue weighted by atomic mass is 10.3. The van der Waals surface area contributed by atoms with E-state index < -0.39 is 19.8 Å². The number of esters is 2. The van der Waals surface area contributed by atoms with Crippen LogP contribution in [0.3, 0.4) is 0 Å². The summed E-state index contributed by atoms with van der Waals surface area (Å²) in [6.07, 6.45) is 2.04. The van der Waals surface area contributed by atoms with Crippen molar-refractivity contribution in [1.82, 2.24) is 0 Å². The third-order valence-electron chi connectivity index (χ3n) is 2.84. The minimum atomic E-state index is -3.75. The molecule has 0 aromatic rings. The summed E-state index contributed by atoms with van der Waals surface area (Å²) in [5.74, 6) is -0.903. The second kappa shape index (κ2) is 14.0. The highest BCUT2D eigenvalue weighted by molar-refractivity contribution is 7.80. The molecule has 0 fully saturated rings. The van der Waals surface area contributed by atoms with Crippen LogP contribution in [-0.2, 0) is 36.6 Å². The Morgan fingerprint density at radius 2 is 1.15 bits per heavy atom.